The molecule has 0 aliphatic rings. The molecule has 0 radical (unpaired) electrons. The molecule has 0 fully saturated rings. The largest absolute Gasteiger partial charge is 0.345 e. The molecule has 26 heavy (non-hydrogen) atoms. The van der Waals surface area contributed by atoms with E-state index in [1.165, 1.54) is 0 Å². The van der Waals surface area contributed by atoms with Crippen molar-refractivity contribution in [1.82, 2.24) is 14.9 Å². The Labute approximate surface area is 151 Å². The first-order valence-electron chi connectivity index (χ1n) is 8.56. The number of imidazole rings is 1. The lowest BCUT2D eigenvalue weighted by atomic mass is 10.0. The number of aromatic nitrogens is 2. The number of carbonyl (C=O) groups is 1. The highest BCUT2D eigenvalue weighted by atomic mass is 16.1. The van der Waals surface area contributed by atoms with Gasteiger partial charge in [0.1, 0.15) is 5.82 Å². The molecule has 1 heterocycles. The smallest absolute Gasteiger partial charge is 0.244 e. The van der Waals surface area contributed by atoms with E-state index in [-0.39, 0.29) is 5.91 Å². The van der Waals surface area contributed by atoms with Crippen LogP contribution < -0.4 is 5.32 Å². The SMILES string of the molecule is Cn1c(CNC(=O)/C=C/c2cccc3ccccc23)nc2ccccc21. The summed E-state index contributed by atoms with van der Waals surface area (Å²) >= 11 is 0. The molecule has 1 N–H and O–H groups in total. The van der Waals surface area contributed by atoms with Crippen LogP contribution in [0.4, 0.5) is 0 Å². The minimum atomic E-state index is -0.134. The van der Waals surface area contributed by atoms with Gasteiger partial charge in [0.25, 0.3) is 0 Å². The first-order chi connectivity index (χ1) is 12.7. The van der Waals surface area contributed by atoms with Crippen LogP contribution in [0.1, 0.15) is 11.4 Å². The normalized spacial score (nSPS) is 11.4. The maximum absolute atomic E-state index is 12.2. The summed E-state index contributed by atoms with van der Waals surface area (Å²) in [6.07, 6.45) is 3.43. The van der Waals surface area contributed by atoms with Crippen LogP contribution in [0.2, 0.25) is 0 Å². The molecule has 0 atom stereocenters. The van der Waals surface area contributed by atoms with Gasteiger partial charge in [-0.15, -0.1) is 0 Å². The van der Waals surface area contributed by atoms with Crippen molar-refractivity contribution in [2.24, 2.45) is 7.05 Å². The number of amides is 1. The predicted molar refractivity (Wildman–Crippen MR) is 106 cm³/mol. The van der Waals surface area contributed by atoms with E-state index < -0.39 is 0 Å². The number of hydrogen-bond donors (Lipinski definition) is 1. The summed E-state index contributed by atoms with van der Waals surface area (Å²) in [5.74, 6) is 0.697. The zero-order chi connectivity index (χ0) is 17.9. The Kier molecular flexibility index (Phi) is 4.23. The third-order valence-corrected chi connectivity index (χ3v) is 4.54. The Balaban J connectivity index is 1.48. The van der Waals surface area contributed by atoms with Crippen LogP contribution in [0, 0.1) is 0 Å². The maximum Gasteiger partial charge on any atom is 0.244 e. The van der Waals surface area contributed by atoms with Crippen LogP contribution in [0.3, 0.4) is 0 Å². The fraction of sp³-hybridized carbons (Fsp3) is 0.0909. The van der Waals surface area contributed by atoms with E-state index in [0.29, 0.717) is 6.54 Å². The Morgan fingerprint density at radius 3 is 2.69 bits per heavy atom. The second-order valence-electron chi connectivity index (χ2n) is 6.20. The fourth-order valence-corrected chi connectivity index (χ4v) is 3.14. The molecule has 4 aromatic rings. The second kappa shape index (κ2) is 6.84. The predicted octanol–water partition coefficient (Wildman–Crippen LogP) is 4.06. The first-order valence-corrected chi connectivity index (χ1v) is 8.56. The topological polar surface area (TPSA) is 46.9 Å². The van der Waals surface area contributed by atoms with E-state index in [0.717, 1.165) is 33.2 Å². The molecule has 0 unspecified atom stereocenters. The summed E-state index contributed by atoms with van der Waals surface area (Å²) < 4.78 is 2.00. The van der Waals surface area contributed by atoms with Gasteiger partial charge in [0.05, 0.1) is 17.6 Å². The molecule has 0 aliphatic heterocycles. The van der Waals surface area contributed by atoms with Gasteiger partial charge in [-0.05, 0) is 34.5 Å². The number of hydrogen-bond acceptors (Lipinski definition) is 2. The molecule has 0 saturated carbocycles. The fourth-order valence-electron chi connectivity index (χ4n) is 3.14. The quantitative estimate of drug-likeness (QED) is 0.569. The van der Waals surface area contributed by atoms with Crippen LogP contribution in [-0.4, -0.2) is 15.5 Å². The zero-order valence-electron chi connectivity index (χ0n) is 14.5. The van der Waals surface area contributed by atoms with Crippen molar-refractivity contribution >= 4 is 33.8 Å². The average molecular weight is 341 g/mol. The standard InChI is InChI=1S/C22H19N3O/c1-25-20-12-5-4-11-19(20)24-21(25)15-23-22(26)14-13-17-9-6-8-16-7-2-3-10-18(16)17/h2-14H,15H2,1H3,(H,23,26)/b14-13+. The summed E-state index contributed by atoms with van der Waals surface area (Å²) in [5.41, 5.74) is 3.02. The molecular weight excluding hydrogens is 322 g/mol. The van der Waals surface area contributed by atoms with E-state index >= 15 is 0 Å². The van der Waals surface area contributed by atoms with Crippen molar-refractivity contribution < 1.29 is 4.79 Å². The lowest BCUT2D eigenvalue weighted by molar-refractivity contribution is -0.116. The van der Waals surface area contributed by atoms with Gasteiger partial charge < -0.3 is 9.88 Å². The van der Waals surface area contributed by atoms with Crippen molar-refractivity contribution in [2.45, 2.75) is 6.54 Å². The van der Waals surface area contributed by atoms with E-state index in [1.807, 2.05) is 66.2 Å². The number of benzene rings is 3. The number of carbonyl (C=O) groups excluding carboxylic acids is 1. The van der Waals surface area contributed by atoms with E-state index in [1.54, 1.807) is 6.08 Å². The summed E-state index contributed by atoms with van der Waals surface area (Å²) in [6, 6.07) is 22.2. The molecule has 1 amide bonds. The van der Waals surface area contributed by atoms with Crippen LogP contribution >= 0.6 is 0 Å². The summed E-state index contributed by atoms with van der Waals surface area (Å²) in [4.78, 5) is 16.8. The van der Waals surface area contributed by atoms with Crippen LogP contribution in [0.15, 0.2) is 72.8 Å². The van der Waals surface area contributed by atoms with Crippen LogP contribution in [-0.2, 0) is 18.4 Å². The van der Waals surface area contributed by atoms with Crippen LogP contribution in [0.25, 0.3) is 27.9 Å². The second-order valence-corrected chi connectivity index (χ2v) is 6.20. The van der Waals surface area contributed by atoms with Crippen molar-refractivity contribution in [3.8, 4) is 0 Å². The van der Waals surface area contributed by atoms with Gasteiger partial charge in [-0.3, -0.25) is 4.79 Å². The Hall–Kier alpha value is -3.40. The lowest BCUT2D eigenvalue weighted by Gasteiger charge is -2.04. The lowest BCUT2D eigenvalue weighted by Crippen LogP contribution is -2.22. The summed E-state index contributed by atoms with van der Waals surface area (Å²) in [6.45, 7) is 0.393. The van der Waals surface area contributed by atoms with Crippen molar-refractivity contribution in [2.75, 3.05) is 0 Å². The number of rotatable bonds is 4. The third-order valence-electron chi connectivity index (χ3n) is 4.54. The highest BCUT2D eigenvalue weighted by Crippen LogP contribution is 2.19. The molecule has 0 spiro atoms. The van der Waals surface area contributed by atoms with Gasteiger partial charge in [-0.2, -0.15) is 0 Å². The molecule has 4 rings (SSSR count). The average Bonchev–Trinajstić information content (AvgIpc) is 3.01. The Bertz CT molecular complexity index is 1120. The molecule has 4 heteroatoms. The zero-order valence-corrected chi connectivity index (χ0v) is 14.5. The number of nitrogens with zero attached hydrogens (tertiary/aromatic N) is 2. The van der Waals surface area contributed by atoms with Crippen molar-refractivity contribution in [3.05, 3.63) is 84.2 Å². The molecule has 1 aromatic heterocycles. The highest BCUT2D eigenvalue weighted by Gasteiger charge is 2.07. The van der Waals surface area contributed by atoms with Gasteiger partial charge in [0.15, 0.2) is 0 Å². The van der Waals surface area contributed by atoms with Gasteiger partial charge >= 0.3 is 0 Å². The molecular formula is C22H19N3O. The number of fused-ring (bicyclic) bond motifs is 2. The maximum atomic E-state index is 12.2. The number of aryl methyl sites for hydroxylation is 1. The highest BCUT2D eigenvalue weighted by molar-refractivity contribution is 5.96. The van der Waals surface area contributed by atoms with Gasteiger partial charge in [-0.25, -0.2) is 4.98 Å². The summed E-state index contributed by atoms with van der Waals surface area (Å²) in [5, 5.41) is 5.21. The monoisotopic (exact) mass is 341 g/mol. The van der Waals surface area contributed by atoms with Gasteiger partial charge in [0.2, 0.25) is 5.91 Å². The van der Waals surface area contributed by atoms with Crippen molar-refractivity contribution in [1.29, 1.82) is 0 Å². The minimum absolute atomic E-state index is 0.134. The first kappa shape index (κ1) is 16.1. The molecule has 0 aliphatic carbocycles. The Morgan fingerprint density at radius 2 is 1.81 bits per heavy atom. The van der Waals surface area contributed by atoms with Gasteiger partial charge in [0, 0.05) is 13.1 Å². The Morgan fingerprint density at radius 1 is 1.04 bits per heavy atom. The molecule has 4 nitrogen and oxygen atoms in total. The van der Waals surface area contributed by atoms with Crippen molar-refractivity contribution in [3.63, 3.8) is 0 Å². The number of nitrogens with one attached hydrogen (secondary N) is 1. The molecule has 0 bridgehead atoms. The van der Waals surface area contributed by atoms with E-state index in [4.69, 9.17) is 0 Å². The third kappa shape index (κ3) is 3.09. The molecule has 0 saturated heterocycles. The van der Waals surface area contributed by atoms with E-state index in [2.05, 4.69) is 28.5 Å². The minimum Gasteiger partial charge on any atom is -0.345 e. The van der Waals surface area contributed by atoms with Gasteiger partial charge in [-0.1, -0.05) is 54.6 Å². The van der Waals surface area contributed by atoms with Crippen LogP contribution in [0.5, 0.6) is 0 Å². The molecule has 128 valence electrons. The van der Waals surface area contributed by atoms with E-state index in [9.17, 15) is 4.79 Å². The number of para-hydroxylation sites is 2. The summed E-state index contributed by atoms with van der Waals surface area (Å²) in [7, 11) is 1.96. The molecule has 3 aromatic carbocycles.